The van der Waals surface area contributed by atoms with E-state index in [1.807, 2.05) is 0 Å². The maximum atomic E-state index is 10.6. The largest absolute Gasteiger partial charge is 0.459 e. The number of non-ortho nitro benzene ring substituents is 1. The van der Waals surface area contributed by atoms with Gasteiger partial charge in [-0.05, 0) is 30.0 Å². The maximum Gasteiger partial charge on any atom is 0.284 e. The molecule has 0 saturated heterocycles. The van der Waals surface area contributed by atoms with E-state index >= 15 is 0 Å². The van der Waals surface area contributed by atoms with Gasteiger partial charge in [0, 0.05) is 17.0 Å². The lowest BCUT2D eigenvalue weighted by molar-refractivity contribution is -0.384. The van der Waals surface area contributed by atoms with Crippen LogP contribution < -0.4 is 0 Å². The van der Waals surface area contributed by atoms with E-state index in [1.165, 1.54) is 24.5 Å². The van der Waals surface area contributed by atoms with E-state index in [-0.39, 0.29) is 21.8 Å². The molecule has 7 nitrogen and oxygen atoms in total. The Balaban J connectivity index is 1.82. The lowest BCUT2D eigenvalue weighted by Crippen LogP contribution is -1.87. The molecule has 21 heavy (non-hydrogen) atoms. The first kappa shape index (κ1) is 13.7. The Bertz CT molecular complexity index is 788. The molecule has 0 aliphatic rings. The molecule has 2 aromatic heterocycles. The first-order valence-electron chi connectivity index (χ1n) is 5.62. The highest BCUT2D eigenvalue weighted by Gasteiger charge is 2.15. The van der Waals surface area contributed by atoms with Gasteiger partial charge in [-0.25, -0.2) is 0 Å². The van der Waals surface area contributed by atoms with Crippen molar-refractivity contribution in [3.63, 3.8) is 0 Å². The smallest absolute Gasteiger partial charge is 0.284 e. The molecule has 106 valence electrons. The molecule has 0 spiro atoms. The number of halogens is 1. The van der Waals surface area contributed by atoms with E-state index < -0.39 is 4.92 Å². The van der Waals surface area contributed by atoms with E-state index in [1.54, 1.807) is 12.1 Å². The van der Waals surface area contributed by atoms with Crippen molar-refractivity contribution in [1.29, 1.82) is 0 Å². The van der Waals surface area contributed by atoms with Crippen LogP contribution >= 0.6 is 23.4 Å². The first-order valence-corrected chi connectivity index (χ1v) is 6.82. The van der Waals surface area contributed by atoms with Gasteiger partial charge in [0.05, 0.1) is 16.2 Å². The molecule has 0 amide bonds. The van der Waals surface area contributed by atoms with Crippen LogP contribution in [0.3, 0.4) is 0 Å². The molecule has 2 heterocycles. The zero-order valence-corrected chi connectivity index (χ0v) is 11.8. The number of nitrogens with zero attached hydrogens (tertiary/aromatic N) is 3. The van der Waals surface area contributed by atoms with E-state index in [0.29, 0.717) is 10.7 Å². The van der Waals surface area contributed by atoms with Gasteiger partial charge in [-0.3, -0.25) is 10.1 Å². The lowest BCUT2D eigenvalue weighted by atomic mass is 10.3. The second-order valence-corrected chi connectivity index (χ2v) is 5.22. The topological polar surface area (TPSA) is 95.2 Å². The van der Waals surface area contributed by atoms with Crippen LogP contribution in [0, 0.1) is 10.1 Å². The Morgan fingerprint density at radius 2 is 2.14 bits per heavy atom. The van der Waals surface area contributed by atoms with Crippen LogP contribution in [0.5, 0.6) is 0 Å². The third-order valence-electron chi connectivity index (χ3n) is 2.46. The molecule has 3 aromatic rings. The van der Waals surface area contributed by atoms with Crippen molar-refractivity contribution in [1.82, 2.24) is 10.2 Å². The molecule has 0 unspecified atom stereocenters. The average Bonchev–Trinajstić information content (AvgIpc) is 3.11. The zero-order chi connectivity index (χ0) is 14.8. The fourth-order valence-corrected chi connectivity index (χ4v) is 2.50. The summed E-state index contributed by atoms with van der Waals surface area (Å²) >= 11 is 7.11. The normalized spacial score (nSPS) is 10.7. The molecule has 9 heteroatoms. The van der Waals surface area contributed by atoms with Crippen molar-refractivity contribution >= 4 is 29.1 Å². The van der Waals surface area contributed by atoms with Crippen LogP contribution in [0.25, 0.3) is 11.7 Å². The summed E-state index contributed by atoms with van der Waals surface area (Å²) in [7, 11) is 0. The molecule has 0 fully saturated rings. The Kier molecular flexibility index (Phi) is 3.63. The molecule has 0 N–H and O–H groups in total. The van der Waals surface area contributed by atoms with E-state index in [9.17, 15) is 10.1 Å². The van der Waals surface area contributed by atoms with Crippen LogP contribution in [0.4, 0.5) is 5.69 Å². The molecule has 0 bridgehead atoms. The van der Waals surface area contributed by atoms with Crippen molar-refractivity contribution in [3.05, 3.63) is 51.7 Å². The predicted octanol–water partition coefficient (Wildman–Crippen LogP) is 4.04. The summed E-state index contributed by atoms with van der Waals surface area (Å²) in [6.07, 6.45) is 1.50. The van der Waals surface area contributed by atoms with Gasteiger partial charge in [-0.2, -0.15) is 0 Å². The standard InChI is InChI=1S/C12H6ClN3O4S/c13-8-6-7(16(17)18)3-4-10(8)21-12-15-14-11(20-12)9-2-1-5-19-9/h1-6H. The monoisotopic (exact) mass is 323 g/mol. The Labute approximate surface area is 127 Å². The Hall–Kier alpha value is -2.32. The molecule has 0 aliphatic heterocycles. The first-order chi connectivity index (χ1) is 10.1. The van der Waals surface area contributed by atoms with Crippen LogP contribution in [0.2, 0.25) is 5.02 Å². The van der Waals surface area contributed by atoms with E-state index in [4.69, 9.17) is 20.4 Å². The molecule has 3 rings (SSSR count). The fraction of sp³-hybridized carbons (Fsp3) is 0. The zero-order valence-electron chi connectivity index (χ0n) is 10.2. The Morgan fingerprint density at radius 1 is 1.29 bits per heavy atom. The van der Waals surface area contributed by atoms with Crippen LogP contribution in [0.15, 0.2) is 55.5 Å². The highest BCUT2D eigenvalue weighted by molar-refractivity contribution is 7.99. The molecular formula is C12H6ClN3O4S. The molecule has 0 atom stereocenters. The van der Waals surface area contributed by atoms with Gasteiger partial charge in [0.25, 0.3) is 16.8 Å². The van der Waals surface area contributed by atoms with Crippen LogP contribution in [0.1, 0.15) is 0 Å². The van der Waals surface area contributed by atoms with E-state index in [2.05, 4.69) is 10.2 Å². The summed E-state index contributed by atoms with van der Waals surface area (Å²) in [6.45, 7) is 0. The summed E-state index contributed by atoms with van der Waals surface area (Å²) in [5.41, 5.74) is -0.0776. The van der Waals surface area contributed by atoms with Gasteiger partial charge >= 0.3 is 0 Å². The quantitative estimate of drug-likeness (QED) is 0.528. The molecule has 1 aromatic carbocycles. The van der Waals surface area contributed by atoms with Crippen molar-refractivity contribution in [2.75, 3.05) is 0 Å². The minimum Gasteiger partial charge on any atom is -0.459 e. The summed E-state index contributed by atoms with van der Waals surface area (Å²) in [5, 5.41) is 18.9. The van der Waals surface area contributed by atoms with Gasteiger partial charge in [0.2, 0.25) is 0 Å². The number of hydrogen-bond acceptors (Lipinski definition) is 7. The fourth-order valence-electron chi connectivity index (χ4n) is 1.53. The SMILES string of the molecule is O=[N+]([O-])c1ccc(Sc2nnc(-c3ccco3)o2)c(Cl)c1. The van der Waals surface area contributed by atoms with Crippen molar-refractivity contribution in [2.45, 2.75) is 10.1 Å². The number of nitro groups is 1. The maximum absolute atomic E-state index is 10.6. The van der Waals surface area contributed by atoms with Gasteiger partial charge in [-0.1, -0.05) is 11.6 Å². The summed E-state index contributed by atoms with van der Waals surface area (Å²) in [5.74, 6) is 0.713. The number of rotatable bonds is 4. The number of hydrogen-bond donors (Lipinski definition) is 0. The molecular weight excluding hydrogens is 318 g/mol. The number of nitro benzene ring substituents is 1. The van der Waals surface area contributed by atoms with Gasteiger partial charge in [0.15, 0.2) is 5.76 Å². The summed E-state index contributed by atoms with van der Waals surface area (Å²) in [4.78, 5) is 10.7. The number of furan rings is 1. The summed E-state index contributed by atoms with van der Waals surface area (Å²) < 4.78 is 10.6. The highest BCUT2D eigenvalue weighted by atomic mass is 35.5. The van der Waals surface area contributed by atoms with Crippen LogP contribution in [-0.2, 0) is 0 Å². The third-order valence-corrected chi connectivity index (χ3v) is 3.80. The highest BCUT2D eigenvalue weighted by Crippen LogP contribution is 2.35. The molecule has 0 aliphatic carbocycles. The molecule has 0 radical (unpaired) electrons. The number of benzene rings is 1. The second-order valence-electron chi connectivity index (χ2n) is 3.82. The van der Waals surface area contributed by atoms with Gasteiger partial charge in [0.1, 0.15) is 0 Å². The Morgan fingerprint density at radius 3 is 2.81 bits per heavy atom. The lowest BCUT2D eigenvalue weighted by Gasteiger charge is -1.99. The number of aromatic nitrogens is 2. The minimum absolute atomic E-state index is 0.0776. The average molecular weight is 324 g/mol. The second kappa shape index (κ2) is 5.58. The van der Waals surface area contributed by atoms with Crippen molar-refractivity contribution < 1.29 is 13.8 Å². The van der Waals surface area contributed by atoms with Crippen molar-refractivity contribution in [3.8, 4) is 11.7 Å². The molecule has 0 saturated carbocycles. The predicted molar refractivity (Wildman–Crippen MR) is 74.2 cm³/mol. The van der Waals surface area contributed by atoms with Crippen molar-refractivity contribution in [2.24, 2.45) is 0 Å². The third kappa shape index (κ3) is 2.91. The van der Waals surface area contributed by atoms with Crippen LogP contribution in [-0.4, -0.2) is 15.1 Å². The van der Waals surface area contributed by atoms with Gasteiger partial charge < -0.3 is 8.83 Å². The van der Waals surface area contributed by atoms with E-state index in [0.717, 1.165) is 11.8 Å². The minimum atomic E-state index is -0.512. The van der Waals surface area contributed by atoms with Gasteiger partial charge in [-0.15, -0.1) is 10.2 Å². The summed E-state index contributed by atoms with van der Waals surface area (Å²) in [6, 6.07) is 7.56.